The molecule has 2 aromatic rings. The highest BCUT2D eigenvalue weighted by Gasteiger charge is 2.69. The Morgan fingerprint density at radius 2 is 1.63 bits per heavy atom. The highest BCUT2D eigenvalue weighted by atomic mass is 16.5. The molecule has 3 heterocycles. The van der Waals surface area contributed by atoms with Gasteiger partial charge in [0.05, 0.1) is 22.8 Å². The molecule has 0 spiro atoms. The van der Waals surface area contributed by atoms with Gasteiger partial charge in [-0.3, -0.25) is 0 Å². The van der Waals surface area contributed by atoms with Crippen LogP contribution in [0.5, 0.6) is 0 Å². The third-order valence-corrected chi connectivity index (χ3v) is 18.1. The summed E-state index contributed by atoms with van der Waals surface area (Å²) in [4.78, 5) is 0. The zero-order valence-electron chi connectivity index (χ0n) is 35.9. The molecule has 2 saturated carbocycles. The van der Waals surface area contributed by atoms with Gasteiger partial charge in [0.1, 0.15) is 0 Å². The van der Waals surface area contributed by atoms with Gasteiger partial charge < -0.3 is 9.30 Å². The fourth-order valence-corrected chi connectivity index (χ4v) is 16.4. The number of aromatic nitrogens is 1. The molecule has 0 bridgehead atoms. The molecule has 1 aromatic heterocycles. The van der Waals surface area contributed by atoms with Gasteiger partial charge in [-0.25, -0.2) is 0 Å². The average Bonchev–Trinajstić information content (AvgIpc) is 3.61. The Kier molecular flexibility index (Phi) is 7.58. The van der Waals surface area contributed by atoms with Crippen molar-refractivity contribution < 1.29 is 4.74 Å². The summed E-state index contributed by atoms with van der Waals surface area (Å²) in [5.74, 6) is 4.50. The van der Waals surface area contributed by atoms with Crippen LogP contribution in [0.1, 0.15) is 202 Å². The molecule has 0 N–H and O–H groups in total. The topological polar surface area (TPSA) is 14.2 Å². The number of ether oxygens (including phenoxy) is 1. The van der Waals surface area contributed by atoms with Gasteiger partial charge in [0.15, 0.2) is 0 Å². The van der Waals surface area contributed by atoms with E-state index in [2.05, 4.69) is 121 Å². The Balaban J connectivity index is 1.37. The fraction of sp³-hybridized carbons (Fsp3) is 0.796. The lowest BCUT2D eigenvalue weighted by atomic mass is 9.36. The van der Waals surface area contributed by atoms with Crippen molar-refractivity contribution in [3.8, 4) is 0 Å². The Bertz CT molecular complexity index is 1810. The van der Waals surface area contributed by atoms with Crippen LogP contribution in [-0.2, 0) is 22.0 Å². The highest BCUT2D eigenvalue weighted by molar-refractivity contribution is 5.95. The Morgan fingerprint density at radius 1 is 0.961 bits per heavy atom. The molecule has 10 unspecified atom stereocenters. The predicted molar refractivity (Wildman–Crippen MR) is 217 cm³/mol. The quantitative estimate of drug-likeness (QED) is 0.284. The van der Waals surface area contributed by atoms with Crippen LogP contribution in [0.4, 0.5) is 0 Å². The Hall–Kier alpha value is -1.54. The molecule has 1 aromatic carbocycles. The lowest BCUT2D eigenvalue weighted by molar-refractivity contribution is -0.193. The summed E-state index contributed by atoms with van der Waals surface area (Å²) >= 11 is 0. The van der Waals surface area contributed by atoms with E-state index in [0.717, 1.165) is 24.2 Å². The second-order valence-electron chi connectivity index (χ2n) is 23.3. The number of hydrogen-bond acceptors (Lipinski definition) is 1. The molecule has 282 valence electrons. The SMILES string of the molecule is C=C(C)C1n2c3c(c4cc5c(c(c42)C1(C)C)C(C)C1C5CC(C)(C)OC1(C)C)CC1CCC2C(C)(CC(C)CC(C)C)C(C)(C)CCC2(C)C31C. The summed E-state index contributed by atoms with van der Waals surface area (Å²) in [6.07, 6.45) is 10.5. The van der Waals surface area contributed by atoms with Crippen molar-refractivity contribution >= 4 is 10.9 Å². The van der Waals surface area contributed by atoms with Crippen LogP contribution in [0.25, 0.3) is 10.9 Å². The number of fused-ring (bicyclic) bond motifs is 11. The van der Waals surface area contributed by atoms with Gasteiger partial charge in [-0.15, -0.1) is 0 Å². The van der Waals surface area contributed by atoms with E-state index in [1.54, 1.807) is 38.9 Å². The number of benzene rings is 1. The smallest absolute Gasteiger partial charge is 0.0673 e. The second-order valence-corrected chi connectivity index (χ2v) is 23.3. The van der Waals surface area contributed by atoms with E-state index >= 15 is 0 Å². The number of hydrogen-bond donors (Lipinski definition) is 0. The third-order valence-electron chi connectivity index (χ3n) is 18.1. The van der Waals surface area contributed by atoms with Gasteiger partial charge >= 0.3 is 0 Å². The van der Waals surface area contributed by atoms with E-state index in [-0.39, 0.29) is 33.5 Å². The first-order valence-corrected chi connectivity index (χ1v) is 21.5. The molecular formula is C49H75NO. The highest BCUT2D eigenvalue weighted by Crippen LogP contribution is 2.75. The van der Waals surface area contributed by atoms with Crippen LogP contribution in [0.2, 0.25) is 0 Å². The Labute approximate surface area is 313 Å². The van der Waals surface area contributed by atoms with Gasteiger partial charge in [-0.2, -0.15) is 0 Å². The standard InChI is InChI=1S/C49H75NO/c1-27(2)22-29(5)25-48(16)36-19-18-31-23-34-33-24-32-35-26-44(9,10)51-46(13,14)38(35)30(6)37(32)39-40(33)50(41(28(3)4)45(39,11)12)42(34)49(31,17)47(36,15)21-20-43(48,7)8/h24,27,29-31,35-36,38,41H,3,18-23,25-26H2,1-2,4-17H3. The predicted octanol–water partition coefficient (Wildman–Crippen LogP) is 13.6. The molecule has 10 atom stereocenters. The summed E-state index contributed by atoms with van der Waals surface area (Å²) in [5.41, 5.74) is 12.2. The third kappa shape index (κ3) is 4.38. The molecule has 6 aliphatic rings. The van der Waals surface area contributed by atoms with E-state index < -0.39 is 0 Å². The van der Waals surface area contributed by atoms with Crippen molar-refractivity contribution in [3.05, 3.63) is 46.2 Å². The van der Waals surface area contributed by atoms with Crippen LogP contribution >= 0.6 is 0 Å². The molecular weight excluding hydrogens is 619 g/mol. The monoisotopic (exact) mass is 694 g/mol. The molecule has 2 aliphatic heterocycles. The van der Waals surface area contributed by atoms with Crippen molar-refractivity contribution in [1.82, 2.24) is 4.57 Å². The summed E-state index contributed by atoms with van der Waals surface area (Å²) in [5, 5.41) is 1.62. The summed E-state index contributed by atoms with van der Waals surface area (Å²) in [6.45, 7) is 45.4. The minimum Gasteiger partial charge on any atom is -0.369 e. The molecule has 0 amide bonds. The second kappa shape index (κ2) is 10.6. The Morgan fingerprint density at radius 3 is 2.25 bits per heavy atom. The maximum atomic E-state index is 6.92. The van der Waals surface area contributed by atoms with E-state index in [0.29, 0.717) is 34.5 Å². The summed E-state index contributed by atoms with van der Waals surface area (Å²) < 4.78 is 9.90. The molecule has 1 saturated heterocycles. The maximum Gasteiger partial charge on any atom is 0.0673 e. The largest absolute Gasteiger partial charge is 0.369 e. The minimum absolute atomic E-state index is 0.0131. The molecule has 0 radical (unpaired) electrons. The molecule has 2 heteroatoms. The lowest BCUT2D eigenvalue weighted by Gasteiger charge is -2.68. The first-order chi connectivity index (χ1) is 23.4. The zero-order chi connectivity index (χ0) is 37.4. The van der Waals surface area contributed by atoms with E-state index in [1.807, 2.05) is 0 Å². The van der Waals surface area contributed by atoms with E-state index in [1.165, 1.54) is 50.5 Å². The first-order valence-electron chi connectivity index (χ1n) is 21.5. The number of rotatable bonds is 5. The average molecular weight is 694 g/mol. The van der Waals surface area contributed by atoms with Crippen LogP contribution in [-0.4, -0.2) is 15.8 Å². The molecule has 3 fully saturated rings. The summed E-state index contributed by atoms with van der Waals surface area (Å²) in [7, 11) is 0. The van der Waals surface area contributed by atoms with Gasteiger partial charge in [0, 0.05) is 27.8 Å². The lowest BCUT2D eigenvalue weighted by Crippen LogP contribution is -2.63. The van der Waals surface area contributed by atoms with Gasteiger partial charge in [-0.1, -0.05) is 88.3 Å². The van der Waals surface area contributed by atoms with Gasteiger partial charge in [0.25, 0.3) is 0 Å². The molecule has 4 aliphatic carbocycles. The normalized spacial score (nSPS) is 41.2. The summed E-state index contributed by atoms with van der Waals surface area (Å²) in [6, 6.07) is 3.07. The van der Waals surface area contributed by atoms with Gasteiger partial charge in [-0.05, 0) is 166 Å². The van der Waals surface area contributed by atoms with Crippen molar-refractivity contribution in [2.45, 2.75) is 202 Å². The molecule has 2 nitrogen and oxygen atoms in total. The van der Waals surface area contributed by atoms with Gasteiger partial charge in [0.2, 0.25) is 0 Å². The van der Waals surface area contributed by atoms with Crippen LogP contribution in [0, 0.1) is 45.8 Å². The minimum atomic E-state index is -0.157. The van der Waals surface area contributed by atoms with Crippen LogP contribution in [0.15, 0.2) is 18.2 Å². The van der Waals surface area contributed by atoms with Crippen LogP contribution < -0.4 is 0 Å². The fourth-order valence-electron chi connectivity index (χ4n) is 16.4. The van der Waals surface area contributed by atoms with Crippen molar-refractivity contribution in [1.29, 1.82) is 0 Å². The maximum absolute atomic E-state index is 6.92. The molecule has 8 rings (SSSR count). The molecule has 51 heavy (non-hydrogen) atoms. The van der Waals surface area contributed by atoms with Crippen LogP contribution in [0.3, 0.4) is 0 Å². The van der Waals surface area contributed by atoms with Crippen molar-refractivity contribution in [2.24, 2.45) is 45.8 Å². The van der Waals surface area contributed by atoms with E-state index in [4.69, 9.17) is 11.3 Å². The first kappa shape index (κ1) is 36.4. The zero-order valence-corrected chi connectivity index (χ0v) is 35.9. The number of nitrogens with zero attached hydrogens (tertiary/aromatic N) is 1. The number of allylic oxidation sites excluding steroid dienone is 1. The van der Waals surface area contributed by atoms with Crippen molar-refractivity contribution in [2.75, 3.05) is 0 Å². The van der Waals surface area contributed by atoms with E-state index in [9.17, 15) is 0 Å². The van der Waals surface area contributed by atoms with Crippen molar-refractivity contribution in [3.63, 3.8) is 0 Å².